The normalized spacial score (nSPS) is 15.8. The largest absolute Gasteiger partial charge is 0.506 e. The summed E-state index contributed by atoms with van der Waals surface area (Å²) in [4.78, 5) is 14.7. The summed E-state index contributed by atoms with van der Waals surface area (Å²) >= 11 is 0. The van der Waals surface area contributed by atoms with Crippen LogP contribution in [0, 0.1) is 5.82 Å². The van der Waals surface area contributed by atoms with Crippen molar-refractivity contribution >= 4 is 33.3 Å². The molecule has 1 saturated heterocycles. The van der Waals surface area contributed by atoms with Crippen molar-refractivity contribution < 1.29 is 36.0 Å². The van der Waals surface area contributed by atoms with E-state index in [0.29, 0.717) is 10.8 Å². The summed E-state index contributed by atoms with van der Waals surface area (Å²) in [5.74, 6) is -4.29. The number of carbonyl (C=O) groups excluding carboxylic acids is 1. The molecule has 0 aromatic heterocycles. The number of hydrogen-bond acceptors (Lipinski definition) is 5. The van der Waals surface area contributed by atoms with Gasteiger partial charge in [0.15, 0.2) is 0 Å². The van der Waals surface area contributed by atoms with E-state index >= 15 is 0 Å². The number of benzene rings is 3. The highest BCUT2D eigenvalue weighted by atomic mass is 32.2. The Balaban J connectivity index is 1.49. The molecule has 0 radical (unpaired) electrons. The first kappa shape index (κ1) is 26.5. The van der Waals surface area contributed by atoms with Crippen molar-refractivity contribution in [2.45, 2.75) is 25.3 Å². The van der Waals surface area contributed by atoms with Gasteiger partial charge in [-0.15, -0.1) is 0 Å². The molecule has 196 valence electrons. The van der Waals surface area contributed by atoms with Crippen molar-refractivity contribution in [2.24, 2.45) is 0 Å². The number of phenols is 1. The minimum absolute atomic E-state index is 0.117. The van der Waals surface area contributed by atoms with E-state index in [1.54, 1.807) is 24.3 Å². The van der Waals surface area contributed by atoms with Crippen LogP contribution >= 0.6 is 0 Å². The highest BCUT2D eigenvalue weighted by Crippen LogP contribution is 2.37. The van der Waals surface area contributed by atoms with Gasteiger partial charge in [0.05, 0.1) is 5.69 Å². The number of amides is 1. The van der Waals surface area contributed by atoms with Crippen molar-refractivity contribution in [1.29, 1.82) is 0 Å². The van der Waals surface area contributed by atoms with Gasteiger partial charge in [-0.1, -0.05) is 12.1 Å². The fourth-order valence-corrected chi connectivity index (χ4v) is 4.78. The summed E-state index contributed by atoms with van der Waals surface area (Å²) in [5, 5.41) is 12.9. The Labute approximate surface area is 211 Å². The molecule has 8 nitrogen and oxygen atoms in total. The van der Waals surface area contributed by atoms with E-state index < -0.39 is 33.7 Å². The first-order chi connectivity index (χ1) is 17.4. The Morgan fingerprint density at radius 2 is 1.62 bits per heavy atom. The lowest BCUT2D eigenvalue weighted by Crippen LogP contribution is -2.38. The molecule has 0 aliphatic carbocycles. The van der Waals surface area contributed by atoms with Crippen LogP contribution in [0.3, 0.4) is 0 Å². The smallest absolute Gasteiger partial charge is 0.364 e. The van der Waals surface area contributed by atoms with Crippen LogP contribution in [0.1, 0.15) is 28.8 Å². The molecular weight excluding hydrogens is 511 g/mol. The molecule has 1 aliphatic heterocycles. The number of hydrogen-bond donors (Lipinski definition) is 3. The van der Waals surface area contributed by atoms with Gasteiger partial charge in [-0.25, -0.2) is 17.5 Å². The third-order valence-corrected chi connectivity index (χ3v) is 6.82. The van der Waals surface area contributed by atoms with E-state index in [2.05, 4.69) is 5.32 Å². The number of nitrogens with zero attached hydrogens (tertiary/aromatic N) is 2. The third-order valence-electron chi connectivity index (χ3n) is 5.95. The number of carbonyl (C=O) groups is 1. The predicted molar refractivity (Wildman–Crippen MR) is 132 cm³/mol. The highest BCUT2D eigenvalue weighted by molar-refractivity contribution is 7.87. The highest BCUT2D eigenvalue weighted by Gasteiger charge is 2.33. The Morgan fingerprint density at radius 1 is 1.00 bits per heavy atom. The van der Waals surface area contributed by atoms with Crippen LogP contribution in [0.15, 0.2) is 66.7 Å². The van der Waals surface area contributed by atoms with E-state index in [1.807, 2.05) is 4.90 Å². The minimum Gasteiger partial charge on any atom is -0.506 e. The lowest BCUT2D eigenvalue weighted by atomic mass is 10.1. The summed E-state index contributed by atoms with van der Waals surface area (Å²) in [7, 11) is -4.93. The van der Waals surface area contributed by atoms with Crippen molar-refractivity contribution in [3.05, 3.63) is 83.7 Å². The van der Waals surface area contributed by atoms with E-state index in [9.17, 15) is 36.0 Å². The molecule has 0 atom stereocenters. The third kappa shape index (κ3) is 6.59. The second kappa shape index (κ2) is 10.4. The second-order valence-corrected chi connectivity index (χ2v) is 9.97. The van der Waals surface area contributed by atoms with Crippen LogP contribution in [0.5, 0.6) is 5.75 Å². The van der Waals surface area contributed by atoms with Crippen LogP contribution in [0.4, 0.5) is 30.2 Å². The maximum atomic E-state index is 13.3. The fraction of sp³-hybridized carbons (Fsp3) is 0.240. The van der Waals surface area contributed by atoms with Crippen LogP contribution in [0.2, 0.25) is 0 Å². The summed E-state index contributed by atoms with van der Waals surface area (Å²) in [5.41, 5.74) is 0.752. The zero-order valence-electron chi connectivity index (χ0n) is 19.4. The van der Waals surface area contributed by atoms with Gasteiger partial charge in [0.1, 0.15) is 17.3 Å². The Hall–Kier alpha value is -3.61. The molecule has 4 rings (SSSR count). The lowest BCUT2D eigenvalue weighted by molar-refractivity contribution is -0.0566. The van der Waals surface area contributed by atoms with Crippen molar-refractivity contribution in [2.75, 3.05) is 22.7 Å². The molecule has 1 heterocycles. The van der Waals surface area contributed by atoms with Gasteiger partial charge in [-0.05, 0) is 60.2 Å². The fourth-order valence-electron chi connectivity index (χ4n) is 4.00. The molecular formula is C25H24F3N3O5S. The molecule has 0 unspecified atom stereocenters. The zero-order chi connectivity index (χ0) is 26.8. The number of likely N-dealkylation sites (tertiary alicyclic amines) is 1. The molecule has 3 aromatic carbocycles. The molecule has 3 N–H and O–H groups in total. The van der Waals surface area contributed by atoms with Crippen LogP contribution in [0.25, 0.3) is 0 Å². The van der Waals surface area contributed by atoms with Gasteiger partial charge in [-0.2, -0.15) is 8.42 Å². The molecule has 0 bridgehead atoms. The summed E-state index contributed by atoms with van der Waals surface area (Å²) in [6.45, 7) is 1.06. The zero-order valence-corrected chi connectivity index (χ0v) is 20.3. The van der Waals surface area contributed by atoms with E-state index in [0.717, 1.165) is 42.0 Å². The topological polar surface area (TPSA) is 110 Å². The van der Waals surface area contributed by atoms with Gasteiger partial charge in [0.25, 0.3) is 11.8 Å². The van der Waals surface area contributed by atoms with Crippen LogP contribution in [-0.2, 0) is 16.8 Å². The average molecular weight is 536 g/mol. The monoisotopic (exact) mass is 535 g/mol. The van der Waals surface area contributed by atoms with Gasteiger partial charge in [0, 0.05) is 43.7 Å². The molecule has 1 amide bonds. The van der Waals surface area contributed by atoms with Crippen molar-refractivity contribution in [3.8, 4) is 5.75 Å². The quantitative estimate of drug-likeness (QED) is 0.292. The number of anilines is 3. The first-order valence-corrected chi connectivity index (χ1v) is 12.7. The van der Waals surface area contributed by atoms with Crippen LogP contribution < -0.4 is 9.62 Å². The summed E-state index contributed by atoms with van der Waals surface area (Å²) in [6.07, 6.45) is -0.365. The number of phenolic OH excluding ortho intramolecular Hbond substituents is 1. The van der Waals surface area contributed by atoms with Gasteiger partial charge < -0.3 is 10.4 Å². The molecule has 3 aromatic rings. The number of rotatable bonds is 7. The summed E-state index contributed by atoms with van der Waals surface area (Å²) in [6, 6.07) is 14.4. The Morgan fingerprint density at radius 3 is 2.22 bits per heavy atom. The van der Waals surface area contributed by atoms with Gasteiger partial charge >= 0.3 is 10.3 Å². The molecule has 37 heavy (non-hydrogen) atoms. The van der Waals surface area contributed by atoms with E-state index in [1.165, 1.54) is 6.07 Å². The summed E-state index contributed by atoms with van der Waals surface area (Å²) < 4.78 is 74.3. The molecule has 1 aliphatic rings. The van der Waals surface area contributed by atoms with Crippen molar-refractivity contribution in [1.82, 2.24) is 4.90 Å². The average Bonchev–Trinajstić information content (AvgIpc) is 2.83. The maximum absolute atomic E-state index is 13.3. The van der Waals surface area contributed by atoms with Gasteiger partial charge in [-0.3, -0.25) is 14.2 Å². The standard InChI is InChI=1S/C25H24F3N3O5S/c26-19-5-8-21(9-6-19)31(37(34,35)36)22-15-20(7-10-23(22)32)29-24(33)18-3-1-17(2-4-18)16-30-13-11-25(27,28)12-14-30/h1-10,15,32H,11-14,16H2,(H,29,33)(H,34,35,36). The minimum atomic E-state index is -4.93. The number of piperidine rings is 1. The van der Waals surface area contributed by atoms with Crippen molar-refractivity contribution in [3.63, 3.8) is 0 Å². The molecule has 0 spiro atoms. The molecule has 1 fully saturated rings. The SMILES string of the molecule is O=C(Nc1ccc(O)c(N(c2ccc(F)cc2)S(=O)(=O)O)c1)c1ccc(CN2CCC(F)(F)CC2)cc1. The number of nitrogens with one attached hydrogen (secondary N) is 1. The number of halogens is 3. The first-order valence-electron chi connectivity index (χ1n) is 11.3. The second-order valence-electron chi connectivity index (χ2n) is 8.71. The van der Waals surface area contributed by atoms with Gasteiger partial charge in [0.2, 0.25) is 0 Å². The Kier molecular flexibility index (Phi) is 7.44. The molecule has 12 heteroatoms. The number of aromatic hydroxyl groups is 1. The maximum Gasteiger partial charge on any atom is 0.364 e. The molecule has 0 saturated carbocycles. The predicted octanol–water partition coefficient (Wildman–Crippen LogP) is 4.96. The van der Waals surface area contributed by atoms with E-state index in [-0.39, 0.29) is 48.6 Å². The number of alkyl halides is 2. The van der Waals surface area contributed by atoms with E-state index in [4.69, 9.17) is 0 Å². The Bertz CT molecular complexity index is 1370. The lowest BCUT2D eigenvalue weighted by Gasteiger charge is -2.31. The van der Waals surface area contributed by atoms with Crippen LogP contribution in [-0.4, -0.2) is 47.9 Å².